The summed E-state index contributed by atoms with van der Waals surface area (Å²) in [6, 6.07) is 12.5. The summed E-state index contributed by atoms with van der Waals surface area (Å²) in [7, 11) is 0. The minimum atomic E-state index is -0.457. The predicted molar refractivity (Wildman–Crippen MR) is 107 cm³/mol. The van der Waals surface area contributed by atoms with E-state index >= 15 is 0 Å². The molecule has 2 amide bonds. The van der Waals surface area contributed by atoms with Crippen molar-refractivity contribution in [2.75, 3.05) is 6.61 Å². The summed E-state index contributed by atoms with van der Waals surface area (Å²) in [5.41, 5.74) is 6.26. The Morgan fingerprint density at radius 3 is 2.37 bits per heavy atom. The Labute approximate surface area is 167 Å². The maximum atomic E-state index is 12.2. The van der Waals surface area contributed by atoms with Crippen LogP contribution in [0.1, 0.15) is 36.7 Å². The highest BCUT2D eigenvalue weighted by Crippen LogP contribution is 2.26. The van der Waals surface area contributed by atoms with E-state index in [0.717, 1.165) is 6.42 Å². The molecule has 0 aromatic heterocycles. The number of carbonyl (C=O) groups excluding carboxylic acids is 2. The second-order valence-corrected chi connectivity index (χ2v) is 6.95. The first-order valence-electron chi connectivity index (χ1n) is 8.66. The highest BCUT2D eigenvalue weighted by atomic mass is 79.9. The Morgan fingerprint density at radius 2 is 1.78 bits per heavy atom. The summed E-state index contributed by atoms with van der Waals surface area (Å²) >= 11 is 3.37. The summed E-state index contributed by atoms with van der Waals surface area (Å²) < 4.78 is 11.7. The Bertz CT molecular complexity index is 791. The fraction of sp³-hybridized carbons (Fsp3) is 0.300. The van der Waals surface area contributed by atoms with E-state index in [1.165, 1.54) is 5.56 Å². The topological polar surface area (TPSA) is 76.7 Å². The largest absolute Gasteiger partial charge is 0.490 e. The van der Waals surface area contributed by atoms with Gasteiger partial charge in [0.05, 0.1) is 10.6 Å². The summed E-state index contributed by atoms with van der Waals surface area (Å²) in [5.74, 6) is 0.348. The lowest BCUT2D eigenvalue weighted by Gasteiger charge is -2.13. The van der Waals surface area contributed by atoms with Crippen LogP contribution in [0.15, 0.2) is 46.9 Å². The monoisotopic (exact) mass is 434 g/mol. The van der Waals surface area contributed by atoms with Crippen LogP contribution in [0.2, 0.25) is 0 Å². The molecule has 0 radical (unpaired) electrons. The van der Waals surface area contributed by atoms with Gasteiger partial charge in [-0.2, -0.15) is 0 Å². The summed E-state index contributed by atoms with van der Waals surface area (Å²) in [6.07, 6.45) is 0.964. The second kappa shape index (κ2) is 9.97. The van der Waals surface area contributed by atoms with Gasteiger partial charge in [0.15, 0.2) is 6.61 Å². The molecule has 0 saturated carbocycles. The molecule has 0 heterocycles. The van der Waals surface area contributed by atoms with Crippen molar-refractivity contribution in [3.63, 3.8) is 0 Å². The number of rotatable bonds is 7. The van der Waals surface area contributed by atoms with Crippen LogP contribution < -0.4 is 20.3 Å². The van der Waals surface area contributed by atoms with Crippen molar-refractivity contribution in [1.82, 2.24) is 10.9 Å². The van der Waals surface area contributed by atoms with Crippen molar-refractivity contribution >= 4 is 27.7 Å². The minimum Gasteiger partial charge on any atom is -0.490 e. The van der Waals surface area contributed by atoms with Gasteiger partial charge in [0.25, 0.3) is 11.8 Å². The van der Waals surface area contributed by atoms with E-state index in [9.17, 15) is 9.59 Å². The Balaban J connectivity index is 1.81. The highest BCUT2D eigenvalue weighted by molar-refractivity contribution is 9.10. The first-order valence-corrected chi connectivity index (χ1v) is 9.45. The molecule has 2 N–H and O–H groups in total. The zero-order chi connectivity index (χ0) is 19.8. The van der Waals surface area contributed by atoms with Gasteiger partial charge >= 0.3 is 0 Å². The first kappa shape index (κ1) is 20.8. The average molecular weight is 435 g/mol. The maximum absolute atomic E-state index is 12.2. The number of nitrogens with one attached hydrogen (secondary N) is 2. The molecule has 2 aromatic rings. The first-order chi connectivity index (χ1) is 12.9. The van der Waals surface area contributed by atoms with Crippen LogP contribution in [0.25, 0.3) is 0 Å². The molecule has 2 aromatic carbocycles. The van der Waals surface area contributed by atoms with Gasteiger partial charge in [-0.1, -0.05) is 19.1 Å². The molecule has 0 aliphatic rings. The SMILES string of the molecule is CCc1ccc(OCC(=O)NNC(=O)c2ccc(OC(C)C)c(Br)c2)cc1. The molecule has 2 rings (SSSR count). The van der Waals surface area contributed by atoms with Gasteiger partial charge in [0.2, 0.25) is 0 Å². The van der Waals surface area contributed by atoms with Gasteiger partial charge in [-0.05, 0) is 72.1 Å². The van der Waals surface area contributed by atoms with Crippen molar-refractivity contribution in [3.05, 3.63) is 58.1 Å². The third-order valence-electron chi connectivity index (χ3n) is 3.57. The number of aryl methyl sites for hydroxylation is 1. The van der Waals surface area contributed by atoms with E-state index in [2.05, 4.69) is 33.7 Å². The van der Waals surface area contributed by atoms with Gasteiger partial charge in [0, 0.05) is 5.56 Å². The van der Waals surface area contributed by atoms with E-state index in [1.54, 1.807) is 18.2 Å². The van der Waals surface area contributed by atoms with Crippen LogP contribution >= 0.6 is 15.9 Å². The van der Waals surface area contributed by atoms with E-state index < -0.39 is 11.8 Å². The van der Waals surface area contributed by atoms with Crippen molar-refractivity contribution in [3.8, 4) is 11.5 Å². The van der Waals surface area contributed by atoms with Gasteiger partial charge < -0.3 is 9.47 Å². The summed E-state index contributed by atoms with van der Waals surface area (Å²) in [4.78, 5) is 24.0. The van der Waals surface area contributed by atoms with Gasteiger partial charge in [-0.25, -0.2) is 0 Å². The van der Waals surface area contributed by atoms with E-state index in [1.807, 2.05) is 38.1 Å². The van der Waals surface area contributed by atoms with Gasteiger partial charge in [0.1, 0.15) is 11.5 Å². The molecule has 0 fully saturated rings. The lowest BCUT2D eigenvalue weighted by molar-refractivity contribution is -0.123. The third-order valence-corrected chi connectivity index (χ3v) is 4.19. The normalized spacial score (nSPS) is 10.4. The number of hydrogen-bond donors (Lipinski definition) is 2. The Morgan fingerprint density at radius 1 is 1.07 bits per heavy atom. The molecule has 0 aliphatic heterocycles. The standard InChI is InChI=1S/C20H23BrN2O4/c1-4-14-5-8-16(9-6-14)26-12-19(24)22-23-20(25)15-7-10-18(17(21)11-15)27-13(2)3/h5-11,13H,4,12H2,1-3H3,(H,22,24)(H,23,25). The van der Waals surface area contributed by atoms with Gasteiger partial charge in [-0.3, -0.25) is 20.4 Å². The fourth-order valence-corrected chi connectivity index (χ4v) is 2.67. The fourth-order valence-electron chi connectivity index (χ4n) is 2.20. The highest BCUT2D eigenvalue weighted by Gasteiger charge is 2.11. The number of carbonyl (C=O) groups is 2. The lowest BCUT2D eigenvalue weighted by Crippen LogP contribution is -2.43. The summed E-state index contributed by atoms with van der Waals surface area (Å²) in [5, 5.41) is 0. The second-order valence-electron chi connectivity index (χ2n) is 6.10. The van der Waals surface area contributed by atoms with E-state index in [4.69, 9.17) is 9.47 Å². The number of halogens is 1. The van der Waals surface area contributed by atoms with Crippen LogP contribution in [0, 0.1) is 0 Å². The molecule has 0 unspecified atom stereocenters. The molecule has 0 atom stereocenters. The lowest BCUT2D eigenvalue weighted by atomic mass is 10.2. The van der Waals surface area contributed by atoms with E-state index in [-0.39, 0.29) is 12.7 Å². The number of amides is 2. The molecule has 7 heteroatoms. The van der Waals surface area contributed by atoms with Crippen molar-refractivity contribution in [1.29, 1.82) is 0 Å². The number of benzene rings is 2. The molecular weight excluding hydrogens is 412 g/mol. The third kappa shape index (κ3) is 6.60. The molecule has 0 bridgehead atoms. The van der Waals surface area contributed by atoms with Crippen LogP contribution in [-0.4, -0.2) is 24.5 Å². The number of hydrazine groups is 1. The molecule has 6 nitrogen and oxygen atoms in total. The molecule has 144 valence electrons. The molecule has 0 aliphatic carbocycles. The zero-order valence-corrected chi connectivity index (χ0v) is 17.1. The van der Waals surface area contributed by atoms with Crippen LogP contribution in [-0.2, 0) is 11.2 Å². The van der Waals surface area contributed by atoms with Crippen LogP contribution in [0.5, 0.6) is 11.5 Å². The van der Waals surface area contributed by atoms with Crippen molar-refractivity contribution in [2.45, 2.75) is 33.3 Å². The number of hydrogen-bond acceptors (Lipinski definition) is 4. The molecule has 27 heavy (non-hydrogen) atoms. The molecular formula is C20H23BrN2O4. The molecule has 0 spiro atoms. The number of ether oxygens (including phenoxy) is 2. The van der Waals surface area contributed by atoms with Crippen LogP contribution in [0.4, 0.5) is 0 Å². The summed E-state index contributed by atoms with van der Waals surface area (Å²) in [6.45, 7) is 5.71. The minimum absolute atomic E-state index is 0.0263. The Kier molecular flexibility index (Phi) is 7.67. The van der Waals surface area contributed by atoms with Crippen LogP contribution in [0.3, 0.4) is 0 Å². The smallest absolute Gasteiger partial charge is 0.276 e. The predicted octanol–water partition coefficient (Wildman–Crippen LogP) is 3.64. The average Bonchev–Trinajstić information content (AvgIpc) is 2.66. The quantitative estimate of drug-likeness (QED) is 0.652. The van der Waals surface area contributed by atoms with Gasteiger partial charge in [-0.15, -0.1) is 0 Å². The molecule has 0 saturated heterocycles. The maximum Gasteiger partial charge on any atom is 0.276 e. The van der Waals surface area contributed by atoms with E-state index in [0.29, 0.717) is 21.5 Å². The Hall–Kier alpha value is -2.54. The van der Waals surface area contributed by atoms with Crippen molar-refractivity contribution in [2.24, 2.45) is 0 Å². The van der Waals surface area contributed by atoms with Crippen molar-refractivity contribution < 1.29 is 19.1 Å². The zero-order valence-electron chi connectivity index (χ0n) is 15.5.